The predicted molar refractivity (Wildman–Crippen MR) is 53.5 cm³/mol. The molecule has 6 nitrogen and oxygen atoms in total. The summed E-state index contributed by atoms with van der Waals surface area (Å²) in [5.41, 5.74) is 7.87. The molecule has 0 spiro atoms. The highest BCUT2D eigenvalue weighted by Gasteiger charge is 2.29. The van der Waals surface area contributed by atoms with Crippen LogP contribution >= 0.6 is 0 Å². The van der Waals surface area contributed by atoms with Crippen LogP contribution in [0.2, 0.25) is 0 Å². The molecule has 1 heterocycles. The van der Waals surface area contributed by atoms with Crippen LogP contribution in [0.1, 0.15) is 20.3 Å². The number of rotatable bonds is 4. The SMILES string of the molecule is CC[C@H](C)[C@H](N)C(=O)N[C@@H]1CONC1=O. The smallest absolute Gasteiger partial charge is 0.268 e. The minimum absolute atomic E-state index is 0.0929. The van der Waals surface area contributed by atoms with Gasteiger partial charge in [-0.2, -0.15) is 0 Å². The van der Waals surface area contributed by atoms with Crippen LogP contribution in [0, 0.1) is 5.92 Å². The van der Waals surface area contributed by atoms with E-state index in [-0.39, 0.29) is 24.3 Å². The second-order valence-electron chi connectivity index (χ2n) is 3.75. The van der Waals surface area contributed by atoms with Crippen molar-refractivity contribution in [3.63, 3.8) is 0 Å². The maximum Gasteiger partial charge on any atom is 0.268 e. The Morgan fingerprint density at radius 2 is 2.47 bits per heavy atom. The number of carbonyl (C=O) groups excluding carboxylic acids is 2. The summed E-state index contributed by atoms with van der Waals surface area (Å²) in [4.78, 5) is 27.3. The largest absolute Gasteiger partial charge is 0.341 e. The van der Waals surface area contributed by atoms with Crippen LogP contribution in [-0.2, 0) is 14.4 Å². The first-order valence-electron chi connectivity index (χ1n) is 5.03. The Kier molecular flexibility index (Phi) is 4.05. The highest BCUT2D eigenvalue weighted by atomic mass is 16.7. The van der Waals surface area contributed by atoms with Gasteiger partial charge in [-0.05, 0) is 5.92 Å². The number of hydrogen-bond acceptors (Lipinski definition) is 4. The summed E-state index contributed by atoms with van der Waals surface area (Å²) >= 11 is 0. The summed E-state index contributed by atoms with van der Waals surface area (Å²) in [6.45, 7) is 4.01. The molecule has 0 aliphatic carbocycles. The molecule has 0 saturated carbocycles. The summed E-state index contributed by atoms with van der Waals surface area (Å²) in [7, 11) is 0. The number of amides is 2. The van der Waals surface area contributed by atoms with Crippen molar-refractivity contribution in [1.82, 2.24) is 10.8 Å². The van der Waals surface area contributed by atoms with E-state index in [1.165, 1.54) is 0 Å². The predicted octanol–water partition coefficient (Wildman–Crippen LogP) is -1.09. The molecule has 0 aromatic heterocycles. The molecule has 0 unspecified atom stereocenters. The van der Waals surface area contributed by atoms with Crippen molar-refractivity contribution in [2.45, 2.75) is 32.4 Å². The molecular formula is C9H17N3O3. The van der Waals surface area contributed by atoms with Crippen LogP contribution in [0.15, 0.2) is 0 Å². The van der Waals surface area contributed by atoms with Gasteiger partial charge in [-0.3, -0.25) is 14.4 Å². The summed E-state index contributed by atoms with van der Waals surface area (Å²) in [6.07, 6.45) is 0.821. The Balaban J connectivity index is 2.44. The Bertz CT molecular complexity index is 257. The third-order valence-electron chi connectivity index (χ3n) is 2.62. The molecule has 1 aliphatic heterocycles. The summed E-state index contributed by atoms with van der Waals surface area (Å²) < 4.78 is 0. The van der Waals surface area contributed by atoms with Crippen LogP contribution in [0.5, 0.6) is 0 Å². The fourth-order valence-corrected chi connectivity index (χ4v) is 1.23. The second-order valence-corrected chi connectivity index (χ2v) is 3.75. The molecule has 3 atom stereocenters. The summed E-state index contributed by atoms with van der Waals surface area (Å²) in [6, 6.07) is -1.20. The van der Waals surface area contributed by atoms with E-state index in [9.17, 15) is 9.59 Å². The van der Waals surface area contributed by atoms with Crippen molar-refractivity contribution < 1.29 is 14.4 Å². The van der Waals surface area contributed by atoms with Gasteiger partial charge in [-0.15, -0.1) is 0 Å². The van der Waals surface area contributed by atoms with E-state index in [0.29, 0.717) is 0 Å². The first kappa shape index (κ1) is 11.9. The van der Waals surface area contributed by atoms with E-state index in [0.717, 1.165) is 6.42 Å². The number of hydrogen-bond donors (Lipinski definition) is 3. The maximum atomic E-state index is 11.6. The van der Waals surface area contributed by atoms with Gasteiger partial charge in [0.25, 0.3) is 5.91 Å². The van der Waals surface area contributed by atoms with E-state index in [1.807, 2.05) is 13.8 Å². The lowest BCUT2D eigenvalue weighted by Gasteiger charge is -2.18. The second kappa shape index (κ2) is 5.09. The minimum Gasteiger partial charge on any atom is -0.341 e. The van der Waals surface area contributed by atoms with Gasteiger partial charge in [0.05, 0.1) is 6.04 Å². The van der Waals surface area contributed by atoms with Crippen molar-refractivity contribution >= 4 is 11.8 Å². The molecule has 0 aromatic rings. The molecular weight excluding hydrogens is 198 g/mol. The molecule has 15 heavy (non-hydrogen) atoms. The number of nitrogens with one attached hydrogen (secondary N) is 2. The fraction of sp³-hybridized carbons (Fsp3) is 0.778. The Hall–Kier alpha value is -1.14. The highest BCUT2D eigenvalue weighted by molar-refractivity contribution is 5.90. The number of nitrogens with two attached hydrogens (primary N) is 1. The molecule has 0 bridgehead atoms. The van der Waals surface area contributed by atoms with Crippen molar-refractivity contribution in [1.29, 1.82) is 0 Å². The fourth-order valence-electron chi connectivity index (χ4n) is 1.23. The molecule has 0 radical (unpaired) electrons. The van der Waals surface area contributed by atoms with Gasteiger partial charge >= 0.3 is 0 Å². The monoisotopic (exact) mass is 215 g/mol. The first-order chi connectivity index (χ1) is 7.06. The van der Waals surface area contributed by atoms with E-state index in [2.05, 4.69) is 15.6 Å². The standard InChI is InChI=1S/C9H17N3O3/c1-3-5(2)7(10)9(14)11-6-4-15-12-8(6)13/h5-7H,3-4,10H2,1-2H3,(H,11,14)(H,12,13)/t5-,6+,7-/m0/s1. The van der Waals surface area contributed by atoms with Gasteiger partial charge in [0.1, 0.15) is 12.6 Å². The number of hydroxylamine groups is 1. The zero-order valence-corrected chi connectivity index (χ0v) is 8.95. The van der Waals surface area contributed by atoms with E-state index in [1.54, 1.807) is 0 Å². The minimum atomic E-state index is -0.618. The maximum absolute atomic E-state index is 11.6. The van der Waals surface area contributed by atoms with Crippen molar-refractivity contribution in [3.8, 4) is 0 Å². The Morgan fingerprint density at radius 3 is 2.93 bits per heavy atom. The molecule has 1 fully saturated rings. The van der Waals surface area contributed by atoms with Crippen molar-refractivity contribution in [2.75, 3.05) is 6.61 Å². The Labute approximate surface area is 88.5 Å². The van der Waals surface area contributed by atoms with Crippen LogP contribution in [0.25, 0.3) is 0 Å². The molecule has 0 aromatic carbocycles. The van der Waals surface area contributed by atoms with Gasteiger partial charge in [-0.1, -0.05) is 20.3 Å². The van der Waals surface area contributed by atoms with Gasteiger partial charge in [-0.25, -0.2) is 5.48 Å². The molecule has 6 heteroatoms. The van der Waals surface area contributed by atoms with Crippen LogP contribution in [0.3, 0.4) is 0 Å². The molecule has 1 saturated heterocycles. The molecule has 86 valence electrons. The van der Waals surface area contributed by atoms with E-state index in [4.69, 9.17) is 5.73 Å². The molecule has 1 rings (SSSR count). The first-order valence-corrected chi connectivity index (χ1v) is 5.03. The zero-order valence-electron chi connectivity index (χ0n) is 8.95. The van der Waals surface area contributed by atoms with Gasteiger partial charge < -0.3 is 11.1 Å². The molecule has 4 N–H and O–H groups in total. The highest BCUT2D eigenvalue weighted by Crippen LogP contribution is 2.06. The number of carbonyl (C=O) groups is 2. The van der Waals surface area contributed by atoms with Crippen molar-refractivity contribution in [2.24, 2.45) is 11.7 Å². The van der Waals surface area contributed by atoms with Gasteiger partial charge in [0, 0.05) is 0 Å². The molecule has 2 amide bonds. The normalized spacial score (nSPS) is 24.5. The van der Waals surface area contributed by atoms with Crippen LogP contribution in [0.4, 0.5) is 0 Å². The third kappa shape index (κ3) is 2.90. The average molecular weight is 215 g/mol. The average Bonchev–Trinajstić information content (AvgIpc) is 2.62. The summed E-state index contributed by atoms with van der Waals surface area (Å²) in [5.74, 6) is -0.551. The topological polar surface area (TPSA) is 93.5 Å². The third-order valence-corrected chi connectivity index (χ3v) is 2.62. The van der Waals surface area contributed by atoms with Gasteiger partial charge in [0.15, 0.2) is 0 Å². The van der Waals surface area contributed by atoms with Crippen molar-refractivity contribution in [3.05, 3.63) is 0 Å². The lowest BCUT2D eigenvalue weighted by Crippen LogP contribution is -2.51. The lowest BCUT2D eigenvalue weighted by atomic mass is 9.99. The quantitative estimate of drug-likeness (QED) is 0.555. The summed E-state index contributed by atoms with van der Waals surface area (Å²) in [5, 5.41) is 2.54. The van der Waals surface area contributed by atoms with Gasteiger partial charge in [0.2, 0.25) is 5.91 Å². The zero-order chi connectivity index (χ0) is 11.4. The Morgan fingerprint density at radius 1 is 1.80 bits per heavy atom. The van der Waals surface area contributed by atoms with Crippen LogP contribution in [-0.4, -0.2) is 30.5 Å². The van der Waals surface area contributed by atoms with E-state index < -0.39 is 12.1 Å². The lowest BCUT2D eigenvalue weighted by molar-refractivity contribution is -0.129. The van der Waals surface area contributed by atoms with Crippen LogP contribution < -0.4 is 16.5 Å². The molecule has 1 aliphatic rings. The van der Waals surface area contributed by atoms with E-state index >= 15 is 0 Å².